The molecule has 1 saturated heterocycles. The van der Waals surface area contributed by atoms with Crippen LogP contribution in [-0.2, 0) is 4.79 Å². The summed E-state index contributed by atoms with van der Waals surface area (Å²) in [4.78, 5) is 26.0. The second-order valence-electron chi connectivity index (χ2n) is 7.33. The Morgan fingerprint density at radius 3 is 2.57 bits per heavy atom. The molecule has 2 fully saturated rings. The zero-order valence-corrected chi connectivity index (χ0v) is 13.6. The second-order valence-corrected chi connectivity index (χ2v) is 7.33. The van der Waals surface area contributed by atoms with Gasteiger partial charge in [-0.2, -0.15) is 0 Å². The van der Waals surface area contributed by atoms with Gasteiger partial charge in [0.05, 0.1) is 5.41 Å². The normalized spacial score (nSPS) is 40.1. The summed E-state index contributed by atoms with van der Waals surface area (Å²) >= 11 is 0. The van der Waals surface area contributed by atoms with E-state index in [9.17, 15) is 14.7 Å². The summed E-state index contributed by atoms with van der Waals surface area (Å²) in [6.07, 6.45) is 3.38. The highest BCUT2D eigenvalue weighted by molar-refractivity contribution is 5.79. The standard InChI is InChI=1S/C16H28N2O3/c1-10-8-11(2)12(3)18(9-10)15(21)17-13-6-5-7-16(13,4)14(19)20/h10-13H,5-9H2,1-4H3,(H,17,21)(H,19,20). The monoisotopic (exact) mass is 296 g/mol. The zero-order chi connectivity index (χ0) is 15.8. The number of carboxylic acids is 1. The number of nitrogens with zero attached hydrogens (tertiary/aromatic N) is 1. The largest absolute Gasteiger partial charge is 0.481 e. The van der Waals surface area contributed by atoms with Crippen LogP contribution in [-0.4, -0.2) is 40.6 Å². The number of aliphatic carboxylic acids is 1. The van der Waals surface area contributed by atoms with Gasteiger partial charge in [0.2, 0.25) is 0 Å². The number of amides is 2. The fourth-order valence-corrected chi connectivity index (χ4v) is 3.87. The number of urea groups is 1. The van der Waals surface area contributed by atoms with Gasteiger partial charge < -0.3 is 15.3 Å². The molecule has 0 aromatic rings. The maximum absolute atomic E-state index is 12.6. The number of likely N-dealkylation sites (tertiary alicyclic amines) is 1. The van der Waals surface area contributed by atoms with E-state index in [4.69, 9.17) is 0 Å². The molecule has 21 heavy (non-hydrogen) atoms. The van der Waals surface area contributed by atoms with Gasteiger partial charge in [-0.1, -0.05) is 20.3 Å². The molecule has 0 radical (unpaired) electrons. The van der Waals surface area contributed by atoms with Crippen LogP contribution in [0.4, 0.5) is 4.79 Å². The summed E-state index contributed by atoms with van der Waals surface area (Å²) in [6, 6.07) is -0.152. The number of rotatable bonds is 2. The Bertz CT molecular complexity index is 426. The molecular weight excluding hydrogens is 268 g/mol. The van der Waals surface area contributed by atoms with Crippen LogP contribution < -0.4 is 5.32 Å². The first-order chi connectivity index (χ1) is 9.75. The van der Waals surface area contributed by atoms with Gasteiger partial charge >= 0.3 is 12.0 Å². The molecule has 2 aliphatic rings. The first kappa shape index (κ1) is 16.1. The van der Waals surface area contributed by atoms with Gasteiger partial charge in [-0.15, -0.1) is 0 Å². The topological polar surface area (TPSA) is 69.6 Å². The summed E-state index contributed by atoms with van der Waals surface area (Å²) in [7, 11) is 0. The molecule has 5 atom stereocenters. The van der Waals surface area contributed by atoms with Crippen LogP contribution in [0, 0.1) is 17.3 Å². The van der Waals surface area contributed by atoms with E-state index in [1.54, 1.807) is 6.92 Å². The molecule has 1 aliphatic carbocycles. The molecule has 2 amide bonds. The number of piperidine rings is 1. The van der Waals surface area contributed by atoms with E-state index in [0.29, 0.717) is 18.3 Å². The minimum Gasteiger partial charge on any atom is -0.481 e. The predicted octanol–water partition coefficient (Wildman–Crippen LogP) is 2.71. The first-order valence-corrected chi connectivity index (χ1v) is 8.06. The lowest BCUT2D eigenvalue weighted by atomic mass is 9.84. The third-order valence-corrected chi connectivity index (χ3v) is 5.60. The van der Waals surface area contributed by atoms with Crippen LogP contribution in [0.3, 0.4) is 0 Å². The van der Waals surface area contributed by atoms with Crippen molar-refractivity contribution in [2.24, 2.45) is 17.3 Å². The fourth-order valence-electron chi connectivity index (χ4n) is 3.87. The smallest absolute Gasteiger partial charge is 0.317 e. The maximum Gasteiger partial charge on any atom is 0.317 e. The lowest BCUT2D eigenvalue weighted by molar-refractivity contribution is -0.148. The average molecular weight is 296 g/mol. The van der Waals surface area contributed by atoms with E-state index in [1.165, 1.54) is 0 Å². The highest BCUT2D eigenvalue weighted by Crippen LogP contribution is 2.38. The molecule has 5 unspecified atom stereocenters. The van der Waals surface area contributed by atoms with Crippen molar-refractivity contribution in [3.8, 4) is 0 Å². The average Bonchev–Trinajstić information content (AvgIpc) is 2.76. The van der Waals surface area contributed by atoms with Gasteiger partial charge in [0, 0.05) is 18.6 Å². The lowest BCUT2D eigenvalue weighted by Gasteiger charge is -2.42. The molecule has 0 bridgehead atoms. The molecule has 120 valence electrons. The summed E-state index contributed by atoms with van der Waals surface area (Å²) in [5.74, 6) is 0.170. The molecule has 0 aromatic heterocycles. The quantitative estimate of drug-likeness (QED) is 0.823. The molecule has 2 rings (SSSR count). The minimum atomic E-state index is -0.827. The highest BCUT2D eigenvalue weighted by Gasteiger charge is 2.46. The molecule has 1 saturated carbocycles. The maximum atomic E-state index is 12.6. The molecule has 0 aromatic carbocycles. The van der Waals surface area contributed by atoms with Crippen LogP contribution in [0.2, 0.25) is 0 Å². The van der Waals surface area contributed by atoms with E-state index in [-0.39, 0.29) is 18.1 Å². The van der Waals surface area contributed by atoms with Gasteiger partial charge in [0.25, 0.3) is 0 Å². The Balaban J connectivity index is 2.05. The van der Waals surface area contributed by atoms with E-state index < -0.39 is 11.4 Å². The highest BCUT2D eigenvalue weighted by atomic mass is 16.4. The van der Waals surface area contributed by atoms with Crippen molar-refractivity contribution < 1.29 is 14.7 Å². The Hall–Kier alpha value is -1.26. The Morgan fingerprint density at radius 1 is 1.29 bits per heavy atom. The molecule has 1 heterocycles. The number of carbonyl (C=O) groups is 2. The van der Waals surface area contributed by atoms with Crippen molar-refractivity contribution in [3.05, 3.63) is 0 Å². The van der Waals surface area contributed by atoms with E-state index in [2.05, 4.69) is 26.1 Å². The molecule has 0 spiro atoms. The van der Waals surface area contributed by atoms with Crippen LogP contribution in [0.5, 0.6) is 0 Å². The van der Waals surface area contributed by atoms with E-state index >= 15 is 0 Å². The molecular formula is C16H28N2O3. The van der Waals surface area contributed by atoms with Gasteiger partial charge in [0.1, 0.15) is 0 Å². The van der Waals surface area contributed by atoms with Crippen LogP contribution in [0.25, 0.3) is 0 Å². The first-order valence-electron chi connectivity index (χ1n) is 8.06. The van der Waals surface area contributed by atoms with E-state index in [0.717, 1.165) is 25.8 Å². The van der Waals surface area contributed by atoms with Gasteiger partial charge in [-0.3, -0.25) is 4.79 Å². The summed E-state index contributed by atoms with van der Waals surface area (Å²) in [5.41, 5.74) is -0.827. The van der Waals surface area contributed by atoms with Crippen molar-refractivity contribution in [1.82, 2.24) is 10.2 Å². The summed E-state index contributed by atoms with van der Waals surface area (Å²) in [6.45, 7) is 8.93. The van der Waals surface area contributed by atoms with Gasteiger partial charge in [0.15, 0.2) is 0 Å². The summed E-state index contributed by atoms with van der Waals surface area (Å²) in [5, 5.41) is 12.4. The number of hydrogen-bond donors (Lipinski definition) is 2. The SMILES string of the molecule is CC1CC(C)C(C)N(C(=O)NC2CCCC2(C)C(=O)O)C1. The number of carbonyl (C=O) groups excluding carboxylic acids is 1. The molecule has 2 N–H and O–H groups in total. The second kappa shape index (κ2) is 5.85. The molecule has 5 nitrogen and oxygen atoms in total. The number of carboxylic acid groups (broad SMARTS) is 1. The minimum absolute atomic E-state index is 0.0970. The third kappa shape index (κ3) is 3.01. The Kier molecular flexibility index (Phi) is 4.49. The third-order valence-electron chi connectivity index (χ3n) is 5.60. The molecule has 1 aliphatic heterocycles. The van der Waals surface area contributed by atoms with Gasteiger partial charge in [-0.25, -0.2) is 4.79 Å². The lowest BCUT2D eigenvalue weighted by Crippen LogP contribution is -2.56. The molecule has 5 heteroatoms. The number of nitrogens with one attached hydrogen (secondary N) is 1. The van der Waals surface area contributed by atoms with Crippen LogP contribution in [0.15, 0.2) is 0 Å². The van der Waals surface area contributed by atoms with Crippen molar-refractivity contribution in [3.63, 3.8) is 0 Å². The number of hydrogen-bond acceptors (Lipinski definition) is 2. The van der Waals surface area contributed by atoms with E-state index in [1.807, 2.05) is 4.90 Å². The van der Waals surface area contributed by atoms with Crippen LogP contribution >= 0.6 is 0 Å². The van der Waals surface area contributed by atoms with Crippen molar-refractivity contribution in [1.29, 1.82) is 0 Å². The predicted molar refractivity (Wildman–Crippen MR) is 81.0 cm³/mol. The Labute approximate surface area is 127 Å². The van der Waals surface area contributed by atoms with Crippen molar-refractivity contribution in [2.45, 2.75) is 65.5 Å². The zero-order valence-electron chi connectivity index (χ0n) is 13.6. The Morgan fingerprint density at radius 2 is 1.95 bits per heavy atom. The summed E-state index contributed by atoms with van der Waals surface area (Å²) < 4.78 is 0. The van der Waals surface area contributed by atoms with Crippen molar-refractivity contribution in [2.75, 3.05) is 6.54 Å². The van der Waals surface area contributed by atoms with Gasteiger partial charge in [-0.05, 0) is 44.9 Å². The van der Waals surface area contributed by atoms with Crippen molar-refractivity contribution >= 4 is 12.0 Å². The fraction of sp³-hybridized carbons (Fsp3) is 0.875. The van der Waals surface area contributed by atoms with Crippen LogP contribution in [0.1, 0.15) is 53.4 Å².